The lowest BCUT2D eigenvalue weighted by Gasteiger charge is -2.07. The Morgan fingerprint density at radius 1 is 1.12 bits per heavy atom. The number of halogens is 2. The average Bonchev–Trinajstić information content (AvgIpc) is 2.32. The first-order chi connectivity index (χ1) is 8.24. The van der Waals surface area contributed by atoms with Gasteiger partial charge in [-0.1, -0.05) is 50.6 Å². The lowest BCUT2D eigenvalue weighted by Crippen LogP contribution is -2.01. The van der Waals surface area contributed by atoms with Crippen LogP contribution in [-0.2, 0) is 0 Å². The minimum Gasteiger partial charge on any atom is -0.385 e. The maximum absolute atomic E-state index is 5.94. The largest absolute Gasteiger partial charge is 0.385 e. The highest BCUT2D eigenvalue weighted by molar-refractivity contribution is 9.10. The van der Waals surface area contributed by atoms with E-state index in [0.717, 1.165) is 21.7 Å². The fraction of sp³-hybridized carbons (Fsp3) is 0.571. The summed E-state index contributed by atoms with van der Waals surface area (Å²) in [6.45, 7) is 3.29. The van der Waals surface area contributed by atoms with Gasteiger partial charge in [0.25, 0.3) is 0 Å². The molecule has 0 aliphatic rings. The van der Waals surface area contributed by atoms with E-state index >= 15 is 0 Å². The van der Waals surface area contributed by atoms with E-state index in [1.54, 1.807) is 0 Å². The van der Waals surface area contributed by atoms with Crippen molar-refractivity contribution in [3.05, 3.63) is 27.7 Å². The molecular formula is C14H21BrClN. The maximum atomic E-state index is 5.94. The lowest BCUT2D eigenvalue weighted by atomic mass is 10.1. The van der Waals surface area contributed by atoms with Crippen LogP contribution in [0.3, 0.4) is 0 Å². The van der Waals surface area contributed by atoms with Crippen LogP contribution in [0.4, 0.5) is 5.69 Å². The Morgan fingerprint density at radius 2 is 1.82 bits per heavy atom. The van der Waals surface area contributed by atoms with Gasteiger partial charge in [-0.15, -0.1) is 0 Å². The van der Waals surface area contributed by atoms with Crippen LogP contribution < -0.4 is 5.32 Å². The van der Waals surface area contributed by atoms with Crippen LogP contribution in [0.15, 0.2) is 22.7 Å². The average molecular weight is 319 g/mol. The maximum Gasteiger partial charge on any atom is 0.0549 e. The standard InChI is InChI=1S/C14H21BrClN/c1-2-3-4-5-6-7-10-17-12-8-9-14(16)13(15)11-12/h8-9,11,17H,2-7,10H2,1H3. The molecule has 0 radical (unpaired) electrons. The molecule has 1 rings (SSSR count). The van der Waals surface area contributed by atoms with Crippen LogP contribution in [0.1, 0.15) is 45.4 Å². The molecular weight excluding hydrogens is 298 g/mol. The monoisotopic (exact) mass is 317 g/mol. The Hall–Kier alpha value is -0.210. The summed E-state index contributed by atoms with van der Waals surface area (Å²) >= 11 is 9.36. The molecule has 0 saturated heterocycles. The van der Waals surface area contributed by atoms with Gasteiger partial charge in [-0.3, -0.25) is 0 Å². The van der Waals surface area contributed by atoms with Crippen LogP contribution in [0, 0.1) is 0 Å². The summed E-state index contributed by atoms with van der Waals surface area (Å²) in [4.78, 5) is 0. The topological polar surface area (TPSA) is 12.0 Å². The Kier molecular flexibility index (Phi) is 7.70. The van der Waals surface area contributed by atoms with Crippen molar-refractivity contribution in [3.63, 3.8) is 0 Å². The number of hydrogen-bond acceptors (Lipinski definition) is 1. The molecule has 0 bridgehead atoms. The minimum absolute atomic E-state index is 0.759. The molecule has 1 nitrogen and oxygen atoms in total. The Morgan fingerprint density at radius 3 is 2.53 bits per heavy atom. The zero-order valence-electron chi connectivity index (χ0n) is 10.4. The number of rotatable bonds is 8. The molecule has 1 aromatic carbocycles. The summed E-state index contributed by atoms with van der Waals surface area (Å²) in [5, 5.41) is 4.17. The van der Waals surface area contributed by atoms with E-state index in [1.165, 1.54) is 38.5 Å². The quantitative estimate of drug-likeness (QED) is 0.591. The molecule has 0 saturated carbocycles. The zero-order chi connectivity index (χ0) is 12.5. The van der Waals surface area contributed by atoms with Gasteiger partial charge >= 0.3 is 0 Å². The van der Waals surface area contributed by atoms with Gasteiger partial charge in [0, 0.05) is 16.7 Å². The van der Waals surface area contributed by atoms with Gasteiger partial charge < -0.3 is 5.32 Å². The molecule has 0 fully saturated rings. The highest BCUT2D eigenvalue weighted by Crippen LogP contribution is 2.25. The van der Waals surface area contributed by atoms with Crippen molar-refractivity contribution in [2.45, 2.75) is 45.4 Å². The summed E-state index contributed by atoms with van der Waals surface area (Å²) in [6.07, 6.45) is 7.99. The van der Waals surface area contributed by atoms with Crippen molar-refractivity contribution in [3.8, 4) is 0 Å². The molecule has 0 aromatic heterocycles. The van der Waals surface area contributed by atoms with Gasteiger partial charge in [-0.05, 0) is 40.5 Å². The molecule has 96 valence electrons. The van der Waals surface area contributed by atoms with Gasteiger partial charge in [0.05, 0.1) is 5.02 Å². The van der Waals surface area contributed by atoms with Crippen molar-refractivity contribution in [1.82, 2.24) is 0 Å². The zero-order valence-corrected chi connectivity index (χ0v) is 12.8. The van der Waals surface area contributed by atoms with Crippen LogP contribution in [0.2, 0.25) is 5.02 Å². The molecule has 0 atom stereocenters. The van der Waals surface area contributed by atoms with Crippen molar-refractivity contribution in [2.24, 2.45) is 0 Å². The summed E-state index contributed by atoms with van der Waals surface area (Å²) in [7, 11) is 0. The Labute approximate surface area is 118 Å². The number of nitrogens with one attached hydrogen (secondary N) is 1. The van der Waals surface area contributed by atoms with Crippen LogP contribution in [-0.4, -0.2) is 6.54 Å². The van der Waals surface area contributed by atoms with Crippen LogP contribution >= 0.6 is 27.5 Å². The van der Waals surface area contributed by atoms with Crippen molar-refractivity contribution in [1.29, 1.82) is 0 Å². The molecule has 0 aliphatic heterocycles. The first kappa shape index (κ1) is 14.8. The normalized spacial score (nSPS) is 10.5. The second kappa shape index (κ2) is 8.82. The molecule has 1 aromatic rings. The Balaban J connectivity index is 2.11. The molecule has 3 heteroatoms. The van der Waals surface area contributed by atoms with Gasteiger partial charge in [0.1, 0.15) is 0 Å². The van der Waals surface area contributed by atoms with Crippen molar-refractivity contribution >= 4 is 33.2 Å². The van der Waals surface area contributed by atoms with Gasteiger partial charge in [-0.25, -0.2) is 0 Å². The highest BCUT2D eigenvalue weighted by atomic mass is 79.9. The van der Waals surface area contributed by atoms with E-state index in [2.05, 4.69) is 28.2 Å². The van der Waals surface area contributed by atoms with Gasteiger partial charge in [0.15, 0.2) is 0 Å². The first-order valence-corrected chi connectivity index (χ1v) is 7.60. The third-order valence-corrected chi connectivity index (χ3v) is 3.99. The summed E-state index contributed by atoms with van der Waals surface area (Å²) in [6, 6.07) is 5.96. The lowest BCUT2D eigenvalue weighted by molar-refractivity contribution is 0.617. The molecule has 0 heterocycles. The fourth-order valence-corrected chi connectivity index (χ4v) is 2.24. The second-order valence-corrected chi connectivity index (χ2v) is 5.58. The molecule has 0 unspecified atom stereocenters. The van der Waals surface area contributed by atoms with E-state index < -0.39 is 0 Å². The van der Waals surface area contributed by atoms with E-state index in [9.17, 15) is 0 Å². The van der Waals surface area contributed by atoms with Crippen LogP contribution in [0.25, 0.3) is 0 Å². The molecule has 0 amide bonds. The molecule has 0 aliphatic carbocycles. The summed E-state index contributed by atoms with van der Waals surface area (Å²) < 4.78 is 0.951. The number of hydrogen-bond donors (Lipinski definition) is 1. The first-order valence-electron chi connectivity index (χ1n) is 6.43. The fourth-order valence-electron chi connectivity index (χ4n) is 1.74. The number of unbranched alkanes of at least 4 members (excludes halogenated alkanes) is 5. The SMILES string of the molecule is CCCCCCCCNc1ccc(Cl)c(Br)c1. The Bertz CT molecular complexity index is 328. The minimum atomic E-state index is 0.759. The van der Waals surface area contributed by atoms with Gasteiger partial charge in [-0.2, -0.15) is 0 Å². The number of benzene rings is 1. The third-order valence-electron chi connectivity index (χ3n) is 2.78. The summed E-state index contributed by atoms with van der Waals surface area (Å²) in [5.41, 5.74) is 1.13. The number of anilines is 1. The van der Waals surface area contributed by atoms with E-state index in [-0.39, 0.29) is 0 Å². The smallest absolute Gasteiger partial charge is 0.0549 e. The molecule has 17 heavy (non-hydrogen) atoms. The van der Waals surface area contributed by atoms with E-state index in [1.807, 2.05) is 18.2 Å². The highest BCUT2D eigenvalue weighted by Gasteiger charge is 1.98. The predicted octanol–water partition coefficient (Wildman–Crippen LogP) is 5.87. The third kappa shape index (κ3) is 6.32. The van der Waals surface area contributed by atoms with Crippen molar-refractivity contribution < 1.29 is 0 Å². The molecule has 1 N–H and O–H groups in total. The predicted molar refractivity (Wildman–Crippen MR) is 81.0 cm³/mol. The van der Waals surface area contributed by atoms with Crippen molar-refractivity contribution in [2.75, 3.05) is 11.9 Å². The second-order valence-electron chi connectivity index (χ2n) is 4.32. The van der Waals surface area contributed by atoms with E-state index in [4.69, 9.17) is 11.6 Å². The summed E-state index contributed by atoms with van der Waals surface area (Å²) in [5.74, 6) is 0. The van der Waals surface area contributed by atoms with Crippen LogP contribution in [0.5, 0.6) is 0 Å². The van der Waals surface area contributed by atoms with E-state index in [0.29, 0.717) is 0 Å². The molecule has 0 spiro atoms. The van der Waals surface area contributed by atoms with Gasteiger partial charge in [0.2, 0.25) is 0 Å².